The zero-order valence-electron chi connectivity index (χ0n) is 16.7. The minimum Gasteiger partial charge on any atom is -0.352 e. The summed E-state index contributed by atoms with van der Waals surface area (Å²) in [4.78, 5) is 22.2. The molecule has 0 bridgehead atoms. The van der Waals surface area contributed by atoms with Gasteiger partial charge in [0.2, 0.25) is 0 Å². The van der Waals surface area contributed by atoms with E-state index in [4.69, 9.17) is 0 Å². The highest BCUT2D eigenvalue weighted by molar-refractivity contribution is 6.16. The number of benzene rings is 2. The maximum atomic E-state index is 13.1. The van der Waals surface area contributed by atoms with E-state index in [0.717, 1.165) is 51.6 Å². The molecule has 5 rings (SSSR count). The van der Waals surface area contributed by atoms with E-state index in [0.29, 0.717) is 12.1 Å². The molecule has 148 valence electrons. The molecule has 0 unspecified atom stereocenters. The number of carbonyl (C=O) groups excluding carboxylic acids is 1. The summed E-state index contributed by atoms with van der Waals surface area (Å²) in [7, 11) is 0. The number of aryl methyl sites for hydroxylation is 2. The predicted octanol–water partition coefficient (Wildman–Crippen LogP) is 4.10. The van der Waals surface area contributed by atoms with Gasteiger partial charge in [0.1, 0.15) is 0 Å². The zero-order valence-corrected chi connectivity index (χ0v) is 16.7. The van der Waals surface area contributed by atoms with Gasteiger partial charge in [0, 0.05) is 35.8 Å². The van der Waals surface area contributed by atoms with Crippen LogP contribution >= 0.6 is 0 Å². The molecule has 6 nitrogen and oxygen atoms in total. The SMILES string of the molecule is Cc1cc2ncc(CCCNC(=O)c3c4ccccc4nc4ccccc34)cn2n1. The highest BCUT2D eigenvalue weighted by Gasteiger charge is 2.15. The summed E-state index contributed by atoms with van der Waals surface area (Å²) in [5.41, 5.74) is 5.24. The Hall–Kier alpha value is -3.80. The fourth-order valence-corrected chi connectivity index (χ4v) is 3.83. The summed E-state index contributed by atoms with van der Waals surface area (Å²) in [6.07, 6.45) is 5.52. The summed E-state index contributed by atoms with van der Waals surface area (Å²) in [5, 5.41) is 9.24. The normalized spacial score (nSPS) is 11.4. The second kappa shape index (κ2) is 7.55. The standard InChI is InChI=1S/C24H21N5O/c1-16-13-22-26-14-17(15-29(22)28-16)7-6-12-25-24(30)23-18-8-2-4-10-20(18)27-21-11-5-3-9-19(21)23/h2-5,8-11,13-15H,6-7,12H2,1H3,(H,25,30). The molecule has 3 heterocycles. The highest BCUT2D eigenvalue weighted by atomic mass is 16.1. The van der Waals surface area contributed by atoms with Gasteiger partial charge in [0.25, 0.3) is 5.91 Å². The van der Waals surface area contributed by atoms with Crippen molar-refractivity contribution in [1.29, 1.82) is 0 Å². The first-order chi connectivity index (χ1) is 14.7. The zero-order chi connectivity index (χ0) is 20.5. The Morgan fingerprint density at radius 3 is 2.47 bits per heavy atom. The Bertz CT molecular complexity index is 1330. The van der Waals surface area contributed by atoms with Crippen LogP contribution in [0.5, 0.6) is 0 Å². The molecule has 1 N–H and O–H groups in total. The number of hydrogen-bond acceptors (Lipinski definition) is 4. The molecule has 5 aromatic rings. The van der Waals surface area contributed by atoms with Crippen molar-refractivity contribution in [3.63, 3.8) is 0 Å². The minimum atomic E-state index is -0.0684. The van der Waals surface area contributed by atoms with E-state index in [1.165, 1.54) is 0 Å². The van der Waals surface area contributed by atoms with Crippen LogP contribution in [0.25, 0.3) is 27.5 Å². The summed E-state index contributed by atoms with van der Waals surface area (Å²) in [6.45, 7) is 2.54. The van der Waals surface area contributed by atoms with Crippen molar-refractivity contribution in [2.45, 2.75) is 19.8 Å². The average Bonchev–Trinajstić information content (AvgIpc) is 3.14. The van der Waals surface area contributed by atoms with Gasteiger partial charge in [-0.1, -0.05) is 36.4 Å². The van der Waals surface area contributed by atoms with Gasteiger partial charge in [0.05, 0.1) is 22.3 Å². The smallest absolute Gasteiger partial charge is 0.252 e. The number of para-hydroxylation sites is 2. The van der Waals surface area contributed by atoms with Crippen molar-refractivity contribution in [2.75, 3.05) is 6.54 Å². The Morgan fingerprint density at radius 2 is 1.73 bits per heavy atom. The lowest BCUT2D eigenvalue weighted by Crippen LogP contribution is -2.25. The van der Waals surface area contributed by atoms with Crippen LogP contribution in [-0.2, 0) is 6.42 Å². The number of rotatable bonds is 5. The van der Waals surface area contributed by atoms with Crippen LogP contribution in [0.15, 0.2) is 67.0 Å². The number of nitrogens with one attached hydrogen (secondary N) is 1. The first-order valence-electron chi connectivity index (χ1n) is 10.1. The molecule has 0 aliphatic heterocycles. The molecule has 0 saturated heterocycles. The second-order valence-corrected chi connectivity index (χ2v) is 7.43. The number of amides is 1. The van der Waals surface area contributed by atoms with Gasteiger partial charge in [0.15, 0.2) is 5.65 Å². The highest BCUT2D eigenvalue weighted by Crippen LogP contribution is 2.25. The first kappa shape index (κ1) is 18.2. The van der Waals surface area contributed by atoms with Crippen LogP contribution in [-0.4, -0.2) is 32.0 Å². The monoisotopic (exact) mass is 395 g/mol. The van der Waals surface area contributed by atoms with Crippen LogP contribution in [0, 0.1) is 6.92 Å². The topological polar surface area (TPSA) is 72.2 Å². The van der Waals surface area contributed by atoms with Crippen LogP contribution in [0.4, 0.5) is 0 Å². The molecule has 3 aromatic heterocycles. The largest absolute Gasteiger partial charge is 0.352 e. The van der Waals surface area contributed by atoms with Crippen molar-refractivity contribution in [3.05, 3.63) is 83.8 Å². The van der Waals surface area contributed by atoms with E-state index in [1.807, 2.05) is 73.9 Å². The van der Waals surface area contributed by atoms with Crippen LogP contribution in [0.1, 0.15) is 28.0 Å². The lowest BCUT2D eigenvalue weighted by atomic mass is 10.0. The molecule has 0 aliphatic carbocycles. The van der Waals surface area contributed by atoms with Gasteiger partial charge in [-0.25, -0.2) is 14.5 Å². The lowest BCUT2D eigenvalue weighted by Gasteiger charge is -2.11. The molecular formula is C24H21N5O. The molecule has 6 heteroatoms. The molecule has 0 fully saturated rings. The third kappa shape index (κ3) is 3.37. The van der Waals surface area contributed by atoms with E-state index in [-0.39, 0.29) is 5.91 Å². The summed E-state index contributed by atoms with van der Waals surface area (Å²) in [6, 6.07) is 17.5. The molecule has 0 radical (unpaired) electrons. The number of pyridine rings is 1. The number of nitrogens with zero attached hydrogens (tertiary/aromatic N) is 4. The van der Waals surface area contributed by atoms with Crippen molar-refractivity contribution < 1.29 is 4.79 Å². The maximum absolute atomic E-state index is 13.1. The van der Waals surface area contributed by atoms with Gasteiger partial charge in [-0.3, -0.25) is 4.79 Å². The number of fused-ring (bicyclic) bond motifs is 3. The second-order valence-electron chi connectivity index (χ2n) is 7.43. The fourth-order valence-electron chi connectivity index (χ4n) is 3.83. The Labute approximate surface area is 173 Å². The Morgan fingerprint density at radius 1 is 1.03 bits per heavy atom. The van der Waals surface area contributed by atoms with Gasteiger partial charge < -0.3 is 5.32 Å². The van der Waals surface area contributed by atoms with Gasteiger partial charge in [-0.2, -0.15) is 5.10 Å². The van der Waals surface area contributed by atoms with Crippen LogP contribution in [0.2, 0.25) is 0 Å². The summed E-state index contributed by atoms with van der Waals surface area (Å²) < 4.78 is 1.80. The quantitative estimate of drug-likeness (QED) is 0.359. The maximum Gasteiger partial charge on any atom is 0.252 e. The third-order valence-electron chi connectivity index (χ3n) is 5.23. The number of hydrogen-bond donors (Lipinski definition) is 1. The molecule has 1 amide bonds. The molecule has 0 saturated carbocycles. The summed E-state index contributed by atoms with van der Waals surface area (Å²) >= 11 is 0. The van der Waals surface area contributed by atoms with Crippen molar-refractivity contribution in [2.24, 2.45) is 0 Å². The fraction of sp³-hybridized carbons (Fsp3) is 0.167. The Kier molecular flexibility index (Phi) is 4.59. The van der Waals surface area contributed by atoms with Crippen LogP contribution in [0.3, 0.4) is 0 Å². The van der Waals surface area contributed by atoms with E-state index in [9.17, 15) is 4.79 Å². The van der Waals surface area contributed by atoms with E-state index < -0.39 is 0 Å². The number of carbonyl (C=O) groups is 1. The van der Waals surface area contributed by atoms with Crippen LogP contribution < -0.4 is 5.32 Å². The van der Waals surface area contributed by atoms with E-state index in [1.54, 1.807) is 4.52 Å². The molecule has 0 spiro atoms. The minimum absolute atomic E-state index is 0.0684. The van der Waals surface area contributed by atoms with Gasteiger partial charge in [-0.05, 0) is 37.5 Å². The summed E-state index contributed by atoms with van der Waals surface area (Å²) in [5.74, 6) is -0.0684. The van der Waals surface area contributed by atoms with E-state index >= 15 is 0 Å². The molecule has 30 heavy (non-hydrogen) atoms. The van der Waals surface area contributed by atoms with Gasteiger partial charge in [-0.15, -0.1) is 0 Å². The first-order valence-corrected chi connectivity index (χ1v) is 10.1. The average molecular weight is 395 g/mol. The molecule has 2 aromatic carbocycles. The Balaban J connectivity index is 1.33. The molecule has 0 aliphatic rings. The molecular weight excluding hydrogens is 374 g/mol. The predicted molar refractivity (Wildman–Crippen MR) is 118 cm³/mol. The number of aromatic nitrogens is 4. The van der Waals surface area contributed by atoms with E-state index in [2.05, 4.69) is 20.4 Å². The molecule has 0 atom stereocenters. The van der Waals surface area contributed by atoms with Crippen molar-refractivity contribution in [3.8, 4) is 0 Å². The van der Waals surface area contributed by atoms with Gasteiger partial charge >= 0.3 is 0 Å². The third-order valence-corrected chi connectivity index (χ3v) is 5.23. The van der Waals surface area contributed by atoms with Crippen molar-refractivity contribution in [1.82, 2.24) is 24.9 Å². The van der Waals surface area contributed by atoms with Crippen molar-refractivity contribution >= 4 is 33.4 Å². The lowest BCUT2D eigenvalue weighted by molar-refractivity contribution is 0.0956.